The Morgan fingerprint density at radius 3 is 1.91 bits per heavy atom. The van der Waals surface area contributed by atoms with Crippen LogP contribution in [0.3, 0.4) is 0 Å². The third-order valence-corrected chi connectivity index (χ3v) is 20.4. The monoisotopic (exact) mass is 353 g/mol. The van der Waals surface area contributed by atoms with E-state index >= 15 is 0 Å². The maximum absolute atomic E-state index is 7.48. The zero-order chi connectivity index (χ0) is 16.5. The van der Waals surface area contributed by atoms with Crippen LogP contribution in [0.1, 0.15) is 48.0 Å². The zero-order valence-corrected chi connectivity index (χ0v) is 17.8. The molecule has 1 atom stereocenters. The molecule has 1 aliphatic rings. The van der Waals surface area contributed by atoms with Crippen molar-refractivity contribution >= 4 is 32.0 Å². The van der Waals surface area contributed by atoms with Gasteiger partial charge in [-0.3, -0.25) is 0 Å². The molecule has 1 aliphatic heterocycles. The number of halogens is 1. The van der Waals surface area contributed by atoms with Crippen molar-refractivity contribution in [1.29, 1.82) is 0 Å². The molecule has 0 N–H and O–H groups in total. The van der Waals surface area contributed by atoms with Gasteiger partial charge in [-0.25, -0.2) is 0 Å². The molecular formula is C18H32ClNSi2. The van der Waals surface area contributed by atoms with Gasteiger partial charge in [0.1, 0.15) is 8.24 Å². The average molecular weight is 354 g/mol. The SMILES string of the molecule is CC(C)[Si](C(C)C)(C(C)C)N1CCC[Si]1(Cl)c1ccccc1. The lowest BCUT2D eigenvalue weighted by Gasteiger charge is -2.54. The van der Waals surface area contributed by atoms with E-state index < -0.39 is 15.8 Å². The third kappa shape index (κ3) is 2.74. The summed E-state index contributed by atoms with van der Waals surface area (Å²) in [7, 11) is -3.70. The molecule has 0 spiro atoms. The van der Waals surface area contributed by atoms with Gasteiger partial charge in [0.25, 0.3) is 7.55 Å². The molecule has 1 aromatic rings. The Balaban J connectivity index is 2.56. The van der Waals surface area contributed by atoms with E-state index in [-0.39, 0.29) is 0 Å². The summed E-state index contributed by atoms with van der Waals surface area (Å²) in [5.74, 6) is 0. The molecule has 0 aliphatic carbocycles. The summed E-state index contributed by atoms with van der Waals surface area (Å²) in [5.41, 5.74) is 2.21. The van der Waals surface area contributed by atoms with E-state index in [2.05, 4.69) is 76.1 Å². The number of rotatable bonds is 5. The van der Waals surface area contributed by atoms with Gasteiger partial charge in [-0.1, -0.05) is 71.9 Å². The highest BCUT2D eigenvalue weighted by Gasteiger charge is 2.58. The molecule has 1 saturated heterocycles. The molecule has 1 nitrogen and oxygen atoms in total. The molecule has 1 fully saturated rings. The predicted molar refractivity (Wildman–Crippen MR) is 105 cm³/mol. The van der Waals surface area contributed by atoms with Crippen molar-refractivity contribution in [2.45, 2.75) is 70.6 Å². The van der Waals surface area contributed by atoms with E-state index in [1.54, 1.807) is 0 Å². The first kappa shape index (κ1) is 18.2. The standard InChI is InChI=1S/C18H32ClNSi2/c1-15(2)22(16(3)4,17(5)6)20-13-10-14-21(20,19)18-11-8-7-9-12-18/h7-9,11-12,15-17H,10,13-14H2,1-6H3. The lowest BCUT2D eigenvalue weighted by Crippen LogP contribution is -2.70. The van der Waals surface area contributed by atoms with Gasteiger partial charge in [0.2, 0.25) is 0 Å². The summed E-state index contributed by atoms with van der Waals surface area (Å²) in [5, 5.41) is 1.42. The van der Waals surface area contributed by atoms with Crippen LogP contribution in [0, 0.1) is 0 Å². The highest BCUT2D eigenvalue weighted by Crippen LogP contribution is 2.49. The quantitative estimate of drug-likeness (QED) is 0.502. The number of hydrogen-bond acceptors (Lipinski definition) is 1. The molecule has 2 rings (SSSR count). The molecule has 0 bridgehead atoms. The van der Waals surface area contributed by atoms with Crippen LogP contribution in [0.2, 0.25) is 22.7 Å². The first-order valence-corrected chi connectivity index (χ1v) is 14.1. The van der Waals surface area contributed by atoms with Crippen LogP contribution in [0.4, 0.5) is 0 Å². The van der Waals surface area contributed by atoms with Gasteiger partial charge in [-0.15, -0.1) is 11.1 Å². The van der Waals surface area contributed by atoms with Gasteiger partial charge >= 0.3 is 0 Å². The van der Waals surface area contributed by atoms with Crippen LogP contribution in [0.15, 0.2) is 30.3 Å². The van der Waals surface area contributed by atoms with E-state index in [0.717, 1.165) is 16.6 Å². The summed E-state index contributed by atoms with van der Waals surface area (Å²) in [6, 6.07) is 12.2. The lowest BCUT2D eigenvalue weighted by atomic mass is 10.4. The second kappa shape index (κ2) is 6.80. The molecule has 124 valence electrons. The fourth-order valence-electron chi connectivity index (χ4n) is 5.21. The fourth-order valence-corrected chi connectivity index (χ4v) is 22.2. The van der Waals surface area contributed by atoms with E-state index in [9.17, 15) is 0 Å². The first-order valence-electron chi connectivity index (χ1n) is 8.80. The summed E-state index contributed by atoms with van der Waals surface area (Å²) in [6.45, 7) is 15.9. The molecular weight excluding hydrogens is 322 g/mol. The Morgan fingerprint density at radius 1 is 0.955 bits per heavy atom. The van der Waals surface area contributed by atoms with Gasteiger partial charge in [0.15, 0.2) is 0 Å². The highest BCUT2D eigenvalue weighted by atomic mass is 35.6. The van der Waals surface area contributed by atoms with Gasteiger partial charge in [0.05, 0.1) is 0 Å². The van der Waals surface area contributed by atoms with Crippen LogP contribution < -0.4 is 5.19 Å². The molecule has 22 heavy (non-hydrogen) atoms. The molecule has 0 saturated carbocycles. The maximum Gasteiger partial charge on any atom is 0.254 e. The first-order chi connectivity index (χ1) is 10.3. The van der Waals surface area contributed by atoms with Gasteiger partial charge in [-0.2, -0.15) is 0 Å². The topological polar surface area (TPSA) is 3.24 Å². The Bertz CT molecular complexity index is 467. The van der Waals surface area contributed by atoms with Crippen molar-refractivity contribution in [3.8, 4) is 0 Å². The fraction of sp³-hybridized carbons (Fsp3) is 0.667. The van der Waals surface area contributed by atoms with Crippen LogP contribution in [-0.2, 0) is 0 Å². The Kier molecular flexibility index (Phi) is 5.64. The molecule has 1 aromatic carbocycles. The second-order valence-corrected chi connectivity index (χ2v) is 19.0. The summed E-state index contributed by atoms with van der Waals surface area (Å²) in [6.07, 6.45) is 1.27. The van der Waals surface area contributed by atoms with Crippen molar-refractivity contribution in [2.75, 3.05) is 6.54 Å². The largest absolute Gasteiger partial charge is 0.329 e. The molecule has 1 heterocycles. The molecule has 4 heteroatoms. The lowest BCUT2D eigenvalue weighted by molar-refractivity contribution is 0.585. The van der Waals surface area contributed by atoms with E-state index in [1.807, 2.05) is 0 Å². The van der Waals surface area contributed by atoms with Crippen molar-refractivity contribution in [3.05, 3.63) is 30.3 Å². The van der Waals surface area contributed by atoms with E-state index in [4.69, 9.17) is 11.1 Å². The number of nitrogens with zero attached hydrogens (tertiary/aromatic N) is 1. The maximum atomic E-state index is 7.48. The van der Waals surface area contributed by atoms with Gasteiger partial charge < -0.3 is 4.23 Å². The summed E-state index contributed by atoms with van der Waals surface area (Å²) >= 11 is 7.48. The number of hydrogen-bond donors (Lipinski definition) is 0. The summed E-state index contributed by atoms with van der Waals surface area (Å²) < 4.78 is 2.91. The van der Waals surface area contributed by atoms with E-state index in [1.165, 1.54) is 24.2 Å². The Morgan fingerprint density at radius 2 is 1.45 bits per heavy atom. The van der Waals surface area contributed by atoms with Crippen LogP contribution >= 0.6 is 11.1 Å². The van der Waals surface area contributed by atoms with Crippen LogP contribution in [-0.4, -0.2) is 26.6 Å². The summed E-state index contributed by atoms with van der Waals surface area (Å²) in [4.78, 5) is 0. The average Bonchev–Trinajstić information content (AvgIpc) is 2.83. The minimum Gasteiger partial charge on any atom is -0.329 e. The minimum atomic E-state index is -2.05. The van der Waals surface area contributed by atoms with Crippen molar-refractivity contribution in [1.82, 2.24) is 4.23 Å². The van der Waals surface area contributed by atoms with Crippen molar-refractivity contribution in [3.63, 3.8) is 0 Å². The Labute approximate surface area is 143 Å². The molecule has 0 radical (unpaired) electrons. The molecule has 0 aromatic heterocycles. The number of benzene rings is 1. The second-order valence-electron chi connectivity index (χ2n) is 7.73. The smallest absolute Gasteiger partial charge is 0.254 e. The van der Waals surface area contributed by atoms with Crippen molar-refractivity contribution in [2.24, 2.45) is 0 Å². The van der Waals surface area contributed by atoms with E-state index in [0.29, 0.717) is 0 Å². The zero-order valence-electron chi connectivity index (χ0n) is 15.1. The van der Waals surface area contributed by atoms with Crippen molar-refractivity contribution < 1.29 is 0 Å². The highest BCUT2D eigenvalue weighted by molar-refractivity contribution is 7.29. The van der Waals surface area contributed by atoms with Crippen LogP contribution in [0.25, 0.3) is 0 Å². The van der Waals surface area contributed by atoms with Gasteiger partial charge in [0, 0.05) is 0 Å². The Hall–Kier alpha value is -0.0962. The third-order valence-electron chi connectivity index (χ3n) is 5.78. The predicted octanol–water partition coefficient (Wildman–Crippen LogP) is 5.46. The molecule has 1 unspecified atom stereocenters. The molecule has 0 amide bonds. The van der Waals surface area contributed by atoms with Gasteiger partial charge in [-0.05, 0) is 40.8 Å². The minimum absolute atomic E-state index is 0.736. The van der Waals surface area contributed by atoms with Crippen LogP contribution in [0.5, 0.6) is 0 Å². The normalized spacial score (nSPS) is 23.9.